The number of carbonyl (C=O) groups excluding carboxylic acids is 1. The number of hydrogen-bond acceptors (Lipinski definition) is 5. The van der Waals surface area contributed by atoms with Gasteiger partial charge in [-0.25, -0.2) is 9.78 Å². The molecule has 2 fully saturated rings. The molecule has 0 radical (unpaired) electrons. The highest BCUT2D eigenvalue weighted by molar-refractivity contribution is 5.68. The fourth-order valence-electron chi connectivity index (χ4n) is 3.97. The molecule has 2 aliphatic heterocycles. The molecule has 148 valence electrons. The number of pyridine rings is 1. The Kier molecular flexibility index (Phi) is 6.07. The van der Waals surface area contributed by atoms with E-state index in [1.807, 2.05) is 41.4 Å². The number of aromatic nitrogens is 1. The van der Waals surface area contributed by atoms with E-state index in [2.05, 4.69) is 27.3 Å². The SMILES string of the molecule is O=C(OCc1ccccc1)N1CCCC[C@H]1c1ccc(N2CCNCC2)nc1. The molecule has 2 aromatic rings. The first kappa shape index (κ1) is 18.7. The zero-order valence-electron chi connectivity index (χ0n) is 16.2. The second-order valence-corrected chi connectivity index (χ2v) is 7.43. The van der Waals surface area contributed by atoms with Crippen LogP contribution in [0, 0.1) is 0 Å². The minimum atomic E-state index is -0.236. The molecule has 1 amide bonds. The molecule has 0 unspecified atom stereocenters. The predicted octanol–water partition coefficient (Wildman–Crippen LogP) is 3.36. The molecule has 0 spiro atoms. The van der Waals surface area contributed by atoms with E-state index in [4.69, 9.17) is 4.74 Å². The van der Waals surface area contributed by atoms with Crippen LogP contribution in [0.4, 0.5) is 10.6 Å². The van der Waals surface area contributed by atoms with E-state index >= 15 is 0 Å². The number of nitrogens with one attached hydrogen (secondary N) is 1. The molecule has 1 N–H and O–H groups in total. The lowest BCUT2D eigenvalue weighted by atomic mass is 9.97. The van der Waals surface area contributed by atoms with Crippen LogP contribution >= 0.6 is 0 Å². The van der Waals surface area contributed by atoms with Gasteiger partial charge in [0.2, 0.25) is 0 Å². The van der Waals surface area contributed by atoms with Crippen molar-refractivity contribution in [2.75, 3.05) is 37.6 Å². The van der Waals surface area contributed by atoms with Crippen LogP contribution in [0.2, 0.25) is 0 Å². The Morgan fingerprint density at radius 1 is 1.07 bits per heavy atom. The maximum Gasteiger partial charge on any atom is 0.410 e. The number of likely N-dealkylation sites (tertiary alicyclic amines) is 1. The number of anilines is 1. The number of piperidine rings is 1. The molecule has 2 saturated heterocycles. The van der Waals surface area contributed by atoms with Gasteiger partial charge in [0.15, 0.2) is 0 Å². The zero-order chi connectivity index (χ0) is 19.2. The molecule has 0 saturated carbocycles. The highest BCUT2D eigenvalue weighted by atomic mass is 16.6. The van der Waals surface area contributed by atoms with Crippen molar-refractivity contribution in [3.05, 3.63) is 59.8 Å². The summed E-state index contributed by atoms with van der Waals surface area (Å²) in [6.07, 6.45) is 4.79. The van der Waals surface area contributed by atoms with Crippen molar-refractivity contribution in [2.45, 2.75) is 31.9 Å². The quantitative estimate of drug-likeness (QED) is 0.881. The monoisotopic (exact) mass is 380 g/mol. The zero-order valence-corrected chi connectivity index (χ0v) is 16.2. The Bertz CT molecular complexity index is 760. The van der Waals surface area contributed by atoms with Crippen LogP contribution in [0.5, 0.6) is 0 Å². The molecule has 6 nitrogen and oxygen atoms in total. The van der Waals surface area contributed by atoms with Gasteiger partial charge in [0.25, 0.3) is 0 Å². The van der Waals surface area contributed by atoms with Gasteiger partial charge in [-0.2, -0.15) is 0 Å². The molecular formula is C22H28N4O2. The average molecular weight is 380 g/mol. The lowest BCUT2D eigenvalue weighted by Crippen LogP contribution is -2.44. The number of benzene rings is 1. The molecule has 1 aromatic carbocycles. The summed E-state index contributed by atoms with van der Waals surface area (Å²) in [5.74, 6) is 1.01. The van der Waals surface area contributed by atoms with Crippen molar-refractivity contribution in [1.82, 2.24) is 15.2 Å². The van der Waals surface area contributed by atoms with Crippen molar-refractivity contribution in [3.8, 4) is 0 Å². The minimum absolute atomic E-state index is 0.0431. The second-order valence-electron chi connectivity index (χ2n) is 7.43. The van der Waals surface area contributed by atoms with E-state index < -0.39 is 0 Å². The number of ether oxygens (including phenoxy) is 1. The number of nitrogens with zero attached hydrogens (tertiary/aromatic N) is 3. The van der Waals surface area contributed by atoms with E-state index in [9.17, 15) is 4.79 Å². The van der Waals surface area contributed by atoms with E-state index in [-0.39, 0.29) is 12.1 Å². The van der Waals surface area contributed by atoms with Crippen LogP contribution in [0.15, 0.2) is 48.7 Å². The summed E-state index contributed by atoms with van der Waals surface area (Å²) in [5, 5.41) is 3.36. The first-order valence-corrected chi connectivity index (χ1v) is 10.2. The number of amides is 1. The molecule has 4 rings (SSSR count). The van der Waals surface area contributed by atoms with Crippen LogP contribution in [0.25, 0.3) is 0 Å². The average Bonchev–Trinajstić information content (AvgIpc) is 2.79. The molecule has 0 bridgehead atoms. The summed E-state index contributed by atoms with van der Waals surface area (Å²) < 4.78 is 5.59. The van der Waals surface area contributed by atoms with Crippen molar-refractivity contribution in [3.63, 3.8) is 0 Å². The van der Waals surface area contributed by atoms with Gasteiger partial charge in [-0.05, 0) is 36.5 Å². The molecule has 28 heavy (non-hydrogen) atoms. The fourth-order valence-corrected chi connectivity index (χ4v) is 3.97. The largest absolute Gasteiger partial charge is 0.445 e. The van der Waals surface area contributed by atoms with Gasteiger partial charge in [-0.1, -0.05) is 36.4 Å². The van der Waals surface area contributed by atoms with Crippen molar-refractivity contribution in [2.24, 2.45) is 0 Å². The predicted molar refractivity (Wildman–Crippen MR) is 109 cm³/mol. The lowest BCUT2D eigenvalue weighted by molar-refractivity contribution is 0.0678. The summed E-state index contributed by atoms with van der Waals surface area (Å²) in [5.41, 5.74) is 2.10. The normalized spacial score (nSPS) is 20.1. The van der Waals surface area contributed by atoms with Crippen LogP contribution in [-0.2, 0) is 11.3 Å². The number of hydrogen-bond donors (Lipinski definition) is 1. The Morgan fingerprint density at radius 3 is 2.64 bits per heavy atom. The second kappa shape index (κ2) is 9.06. The fraction of sp³-hybridized carbons (Fsp3) is 0.455. The summed E-state index contributed by atoms with van der Waals surface area (Å²) in [7, 11) is 0. The smallest absolute Gasteiger partial charge is 0.410 e. The number of rotatable bonds is 4. The third-order valence-electron chi connectivity index (χ3n) is 5.54. The van der Waals surface area contributed by atoms with Crippen molar-refractivity contribution in [1.29, 1.82) is 0 Å². The van der Waals surface area contributed by atoms with Crippen molar-refractivity contribution >= 4 is 11.9 Å². The topological polar surface area (TPSA) is 57.7 Å². The first-order valence-electron chi connectivity index (χ1n) is 10.2. The summed E-state index contributed by atoms with van der Waals surface area (Å²) >= 11 is 0. The maximum absolute atomic E-state index is 12.7. The van der Waals surface area contributed by atoms with Gasteiger partial charge < -0.3 is 19.9 Å². The van der Waals surface area contributed by atoms with Crippen LogP contribution in [0.1, 0.15) is 36.4 Å². The molecule has 0 aliphatic carbocycles. The van der Waals surface area contributed by atoms with Crippen molar-refractivity contribution < 1.29 is 9.53 Å². The standard InChI is InChI=1S/C22H28N4O2/c27-22(28-17-18-6-2-1-3-7-18)26-13-5-4-8-20(26)19-9-10-21(24-16-19)25-14-11-23-12-15-25/h1-3,6-7,9-10,16,20,23H,4-5,8,11-15,17H2/t20-/m0/s1. The van der Waals surface area contributed by atoms with Gasteiger partial charge in [-0.15, -0.1) is 0 Å². The molecule has 2 aliphatic rings. The Morgan fingerprint density at radius 2 is 1.89 bits per heavy atom. The highest BCUT2D eigenvalue weighted by Crippen LogP contribution is 2.32. The number of piperazine rings is 1. The van der Waals surface area contributed by atoms with Crippen LogP contribution in [0.3, 0.4) is 0 Å². The number of carbonyl (C=O) groups is 1. The van der Waals surface area contributed by atoms with Crippen LogP contribution in [-0.4, -0.2) is 48.7 Å². The molecule has 3 heterocycles. The summed E-state index contributed by atoms with van der Waals surface area (Å²) in [6, 6.07) is 14.1. The lowest BCUT2D eigenvalue weighted by Gasteiger charge is -2.35. The van der Waals surface area contributed by atoms with Gasteiger partial charge in [0.1, 0.15) is 12.4 Å². The third kappa shape index (κ3) is 4.44. The van der Waals surface area contributed by atoms with Crippen LogP contribution < -0.4 is 10.2 Å². The van der Waals surface area contributed by atoms with E-state index in [0.29, 0.717) is 6.61 Å². The summed E-state index contributed by atoms with van der Waals surface area (Å²) in [6.45, 7) is 4.99. The molecule has 1 aromatic heterocycles. The third-order valence-corrected chi connectivity index (χ3v) is 5.54. The molecule has 1 atom stereocenters. The van der Waals surface area contributed by atoms with Gasteiger partial charge in [0.05, 0.1) is 6.04 Å². The highest BCUT2D eigenvalue weighted by Gasteiger charge is 2.29. The molecule has 6 heteroatoms. The Balaban J connectivity index is 1.42. The summed E-state index contributed by atoms with van der Waals surface area (Å²) in [4.78, 5) is 21.6. The van der Waals surface area contributed by atoms with E-state index in [1.165, 1.54) is 0 Å². The van der Waals surface area contributed by atoms with E-state index in [0.717, 1.165) is 68.9 Å². The van der Waals surface area contributed by atoms with E-state index in [1.54, 1.807) is 0 Å². The minimum Gasteiger partial charge on any atom is -0.445 e. The van der Waals surface area contributed by atoms with Gasteiger partial charge >= 0.3 is 6.09 Å². The first-order chi connectivity index (χ1) is 13.8. The Labute approximate surface area is 166 Å². The van der Waals surface area contributed by atoms with Gasteiger partial charge in [-0.3, -0.25) is 0 Å². The maximum atomic E-state index is 12.7. The van der Waals surface area contributed by atoms with Gasteiger partial charge in [0, 0.05) is 38.9 Å². The Hall–Kier alpha value is -2.60. The molecular weight excluding hydrogens is 352 g/mol.